The Kier molecular flexibility index (Phi) is 3.32. The molecule has 0 saturated heterocycles. The van der Waals surface area contributed by atoms with Crippen LogP contribution in [0.4, 0.5) is 5.82 Å². The van der Waals surface area contributed by atoms with Crippen LogP contribution in [-0.2, 0) is 4.74 Å². The van der Waals surface area contributed by atoms with Crippen molar-refractivity contribution in [3.8, 4) is 5.69 Å². The van der Waals surface area contributed by atoms with E-state index in [9.17, 15) is 4.79 Å². The van der Waals surface area contributed by atoms with Gasteiger partial charge in [0.05, 0.1) is 12.3 Å². The second kappa shape index (κ2) is 4.91. The number of hydrogen-bond acceptors (Lipinski definition) is 4. The van der Waals surface area contributed by atoms with Crippen molar-refractivity contribution >= 4 is 11.8 Å². The molecule has 0 radical (unpaired) electrons. The zero-order chi connectivity index (χ0) is 13.1. The van der Waals surface area contributed by atoms with E-state index in [-0.39, 0.29) is 5.69 Å². The molecular formula is C13H15N3O2. The number of nitrogen functional groups attached to an aromatic ring is 1. The van der Waals surface area contributed by atoms with Gasteiger partial charge in [0.2, 0.25) is 0 Å². The number of aromatic nitrogens is 2. The molecule has 0 aliphatic rings. The lowest BCUT2D eigenvalue weighted by molar-refractivity contribution is 0.0518. The molecule has 0 aliphatic heterocycles. The normalized spacial score (nSPS) is 10.3. The van der Waals surface area contributed by atoms with Crippen LogP contribution in [0.2, 0.25) is 0 Å². The van der Waals surface area contributed by atoms with Crippen molar-refractivity contribution < 1.29 is 9.53 Å². The molecule has 94 valence electrons. The van der Waals surface area contributed by atoms with Gasteiger partial charge in [0, 0.05) is 5.56 Å². The molecule has 0 saturated carbocycles. The first-order chi connectivity index (χ1) is 8.65. The summed E-state index contributed by atoms with van der Waals surface area (Å²) in [5.74, 6) is 0.000587. The minimum Gasteiger partial charge on any atom is -0.461 e. The Hall–Kier alpha value is -2.30. The summed E-state index contributed by atoms with van der Waals surface area (Å²) in [5.41, 5.74) is 7.67. The molecule has 18 heavy (non-hydrogen) atoms. The molecule has 0 aliphatic carbocycles. The van der Waals surface area contributed by atoms with Gasteiger partial charge in [-0.1, -0.05) is 18.2 Å². The van der Waals surface area contributed by atoms with Crippen LogP contribution in [0.25, 0.3) is 5.69 Å². The summed E-state index contributed by atoms with van der Waals surface area (Å²) in [5, 5.41) is 4.22. The smallest absolute Gasteiger partial charge is 0.359 e. The van der Waals surface area contributed by atoms with Gasteiger partial charge in [-0.25, -0.2) is 9.48 Å². The van der Waals surface area contributed by atoms with Crippen LogP contribution in [-0.4, -0.2) is 22.4 Å². The Balaban J connectivity index is 2.46. The number of para-hydroxylation sites is 1. The van der Waals surface area contributed by atoms with E-state index in [1.165, 1.54) is 0 Å². The van der Waals surface area contributed by atoms with Gasteiger partial charge in [-0.15, -0.1) is 0 Å². The minimum absolute atomic E-state index is 0.262. The second-order valence-corrected chi connectivity index (χ2v) is 3.83. The monoisotopic (exact) mass is 245 g/mol. The third kappa shape index (κ3) is 2.07. The molecule has 5 heteroatoms. The average Bonchev–Trinajstić information content (AvgIpc) is 2.68. The van der Waals surface area contributed by atoms with Crippen LogP contribution >= 0.6 is 0 Å². The molecule has 0 atom stereocenters. The van der Waals surface area contributed by atoms with Crippen molar-refractivity contribution in [2.75, 3.05) is 12.3 Å². The van der Waals surface area contributed by atoms with Gasteiger partial charge in [-0.05, 0) is 26.0 Å². The number of hydrogen-bond donors (Lipinski definition) is 1. The third-order valence-corrected chi connectivity index (χ3v) is 2.64. The van der Waals surface area contributed by atoms with E-state index >= 15 is 0 Å². The number of nitrogens with zero attached hydrogens (tertiary/aromatic N) is 2. The number of esters is 1. The van der Waals surface area contributed by atoms with Crippen molar-refractivity contribution in [1.29, 1.82) is 0 Å². The average molecular weight is 245 g/mol. The van der Waals surface area contributed by atoms with Gasteiger partial charge < -0.3 is 10.5 Å². The van der Waals surface area contributed by atoms with Gasteiger partial charge >= 0.3 is 5.97 Å². The van der Waals surface area contributed by atoms with E-state index in [0.717, 1.165) is 5.69 Å². The van der Waals surface area contributed by atoms with E-state index in [4.69, 9.17) is 10.5 Å². The molecule has 5 nitrogen and oxygen atoms in total. The van der Waals surface area contributed by atoms with E-state index in [1.54, 1.807) is 18.5 Å². The van der Waals surface area contributed by atoms with E-state index in [2.05, 4.69) is 5.10 Å². The molecule has 1 heterocycles. The largest absolute Gasteiger partial charge is 0.461 e. The molecule has 0 bridgehead atoms. The molecule has 0 amide bonds. The maximum absolute atomic E-state index is 11.7. The van der Waals surface area contributed by atoms with Crippen LogP contribution < -0.4 is 5.73 Å². The van der Waals surface area contributed by atoms with Crippen molar-refractivity contribution in [2.24, 2.45) is 0 Å². The molecule has 2 aromatic rings. The van der Waals surface area contributed by atoms with E-state index in [1.807, 2.05) is 30.3 Å². The Morgan fingerprint density at radius 2 is 2.06 bits per heavy atom. The number of ether oxygens (including phenoxy) is 1. The fourth-order valence-electron chi connectivity index (χ4n) is 1.67. The first-order valence-corrected chi connectivity index (χ1v) is 5.72. The SMILES string of the molecule is CCOC(=O)c1nn(-c2ccccc2)c(N)c1C. The van der Waals surface area contributed by atoms with Crippen molar-refractivity contribution in [1.82, 2.24) is 9.78 Å². The summed E-state index contributed by atoms with van der Waals surface area (Å²) in [6.07, 6.45) is 0. The van der Waals surface area contributed by atoms with Crippen LogP contribution in [0.3, 0.4) is 0 Å². The Labute approximate surface area is 105 Å². The molecule has 1 aromatic heterocycles. The van der Waals surface area contributed by atoms with Crippen molar-refractivity contribution in [3.05, 3.63) is 41.6 Å². The summed E-state index contributed by atoms with van der Waals surface area (Å²) in [7, 11) is 0. The fourth-order valence-corrected chi connectivity index (χ4v) is 1.67. The van der Waals surface area contributed by atoms with Crippen molar-refractivity contribution in [3.63, 3.8) is 0 Å². The predicted molar refractivity (Wildman–Crippen MR) is 68.7 cm³/mol. The summed E-state index contributed by atoms with van der Waals surface area (Å²) >= 11 is 0. The van der Waals surface area contributed by atoms with E-state index in [0.29, 0.717) is 18.0 Å². The Morgan fingerprint density at radius 3 is 2.67 bits per heavy atom. The van der Waals surface area contributed by atoms with Gasteiger partial charge in [-0.3, -0.25) is 0 Å². The Bertz CT molecular complexity index is 561. The maximum Gasteiger partial charge on any atom is 0.359 e. The highest BCUT2D eigenvalue weighted by atomic mass is 16.5. The van der Waals surface area contributed by atoms with Crippen molar-refractivity contribution in [2.45, 2.75) is 13.8 Å². The first-order valence-electron chi connectivity index (χ1n) is 5.72. The number of carbonyl (C=O) groups is 1. The molecule has 0 fully saturated rings. The molecule has 2 rings (SSSR count). The molecule has 0 spiro atoms. The fraction of sp³-hybridized carbons (Fsp3) is 0.231. The second-order valence-electron chi connectivity index (χ2n) is 3.83. The molecule has 1 aromatic carbocycles. The number of rotatable bonds is 3. The van der Waals surface area contributed by atoms with Gasteiger partial charge in [0.1, 0.15) is 5.82 Å². The summed E-state index contributed by atoms with van der Waals surface area (Å²) < 4.78 is 6.49. The summed E-state index contributed by atoms with van der Waals surface area (Å²) in [6.45, 7) is 3.83. The third-order valence-electron chi connectivity index (χ3n) is 2.64. The highest BCUT2D eigenvalue weighted by Crippen LogP contribution is 2.20. The van der Waals surface area contributed by atoms with Gasteiger partial charge in [-0.2, -0.15) is 5.10 Å². The lowest BCUT2D eigenvalue weighted by atomic mass is 10.2. The number of carbonyl (C=O) groups excluding carboxylic acids is 1. The molecule has 2 N–H and O–H groups in total. The topological polar surface area (TPSA) is 70.1 Å². The van der Waals surface area contributed by atoms with Gasteiger partial charge in [0.15, 0.2) is 5.69 Å². The minimum atomic E-state index is -0.448. The lowest BCUT2D eigenvalue weighted by Crippen LogP contribution is -2.07. The quantitative estimate of drug-likeness (QED) is 0.839. The lowest BCUT2D eigenvalue weighted by Gasteiger charge is -2.02. The van der Waals surface area contributed by atoms with Crippen LogP contribution in [0, 0.1) is 6.92 Å². The Morgan fingerprint density at radius 1 is 1.39 bits per heavy atom. The predicted octanol–water partition coefficient (Wildman–Crippen LogP) is 1.94. The first kappa shape index (κ1) is 12.2. The zero-order valence-corrected chi connectivity index (χ0v) is 10.4. The summed E-state index contributed by atoms with van der Waals surface area (Å²) in [6, 6.07) is 9.42. The summed E-state index contributed by atoms with van der Waals surface area (Å²) in [4.78, 5) is 11.7. The number of anilines is 1. The maximum atomic E-state index is 11.7. The van der Waals surface area contributed by atoms with Crippen LogP contribution in [0.15, 0.2) is 30.3 Å². The highest BCUT2D eigenvalue weighted by Gasteiger charge is 2.19. The zero-order valence-electron chi connectivity index (χ0n) is 10.4. The van der Waals surface area contributed by atoms with Crippen LogP contribution in [0.5, 0.6) is 0 Å². The molecular weight excluding hydrogens is 230 g/mol. The molecule has 0 unspecified atom stereocenters. The standard InChI is InChI=1S/C13H15N3O2/c1-3-18-13(17)11-9(2)12(14)16(15-11)10-7-5-4-6-8-10/h4-8H,3,14H2,1-2H3. The van der Waals surface area contributed by atoms with Gasteiger partial charge in [0.25, 0.3) is 0 Å². The van der Waals surface area contributed by atoms with Crippen LogP contribution in [0.1, 0.15) is 23.0 Å². The van der Waals surface area contributed by atoms with E-state index < -0.39 is 5.97 Å². The number of nitrogens with two attached hydrogens (primary N) is 1. The highest BCUT2D eigenvalue weighted by molar-refractivity contribution is 5.90. The number of benzene rings is 1.